The van der Waals surface area contributed by atoms with Crippen molar-refractivity contribution in [3.63, 3.8) is 0 Å². The molecule has 0 aromatic rings. The summed E-state index contributed by atoms with van der Waals surface area (Å²) >= 11 is 0. The third-order valence-electron chi connectivity index (χ3n) is 3.02. The van der Waals surface area contributed by atoms with E-state index in [1.165, 1.54) is 27.7 Å². The molecule has 2 unspecified atom stereocenters. The van der Waals surface area contributed by atoms with Gasteiger partial charge in [-0.3, -0.25) is 11.5 Å². The number of hydrogen-bond donors (Lipinski definition) is 2. The first-order chi connectivity index (χ1) is 10.8. The number of nitrogens with zero attached hydrogens (tertiary/aromatic N) is 3. The van der Waals surface area contributed by atoms with Gasteiger partial charge < -0.3 is 9.68 Å². The molecule has 0 saturated heterocycles. The zero-order valence-corrected chi connectivity index (χ0v) is 13.7. The molecule has 4 N–H and O–H groups in total. The van der Waals surface area contributed by atoms with Gasteiger partial charge in [0.15, 0.2) is 0 Å². The molecule has 0 aliphatic carbocycles. The predicted octanol–water partition coefficient (Wildman–Crippen LogP) is -0.333. The molecule has 0 aliphatic heterocycles. The Kier molecular flexibility index (Phi) is 7.53. The molecule has 0 aromatic heterocycles. The van der Waals surface area contributed by atoms with Gasteiger partial charge >= 0.3 is 5.09 Å². The van der Waals surface area contributed by atoms with Crippen LogP contribution in [0.2, 0.25) is 0 Å². The molecular weight excluding hydrogens is 334 g/mol. The van der Waals surface area contributed by atoms with Crippen molar-refractivity contribution in [2.45, 2.75) is 40.2 Å². The lowest BCUT2D eigenvalue weighted by molar-refractivity contribution is -0.996. The van der Waals surface area contributed by atoms with E-state index in [2.05, 4.69) is 9.68 Å². The molecule has 0 fully saturated rings. The van der Waals surface area contributed by atoms with E-state index in [9.17, 15) is 25.1 Å². The summed E-state index contributed by atoms with van der Waals surface area (Å²) in [5.41, 5.74) is 9.03. The fraction of sp³-hybridized carbons (Fsp3) is 1.00. The van der Waals surface area contributed by atoms with Crippen LogP contribution >= 0.6 is 0 Å². The van der Waals surface area contributed by atoms with Crippen LogP contribution in [0.1, 0.15) is 27.7 Å². The first kappa shape index (κ1) is 21.5. The maximum atomic E-state index is 11.6. The Morgan fingerprint density at radius 2 is 1.12 bits per heavy atom. The molecule has 0 spiro atoms. The Hall–Kier alpha value is -2.48. The molecular formula is C10H22N5O9+. The predicted molar refractivity (Wildman–Crippen MR) is 75.2 cm³/mol. The summed E-state index contributed by atoms with van der Waals surface area (Å²) in [6, 6.07) is 0. The van der Waals surface area contributed by atoms with Crippen molar-refractivity contribution in [1.29, 1.82) is 0 Å². The van der Waals surface area contributed by atoms with Crippen LogP contribution in [0.5, 0.6) is 0 Å². The van der Waals surface area contributed by atoms with Crippen LogP contribution in [0, 0.1) is 36.0 Å². The highest BCUT2D eigenvalue weighted by atomic mass is 17.0. The van der Waals surface area contributed by atoms with Crippen LogP contribution in [-0.4, -0.2) is 40.9 Å². The summed E-state index contributed by atoms with van der Waals surface area (Å²) in [4.78, 5) is 49.8. The van der Waals surface area contributed by atoms with Gasteiger partial charge in [-0.15, -0.1) is 20.2 Å². The van der Waals surface area contributed by atoms with Crippen LogP contribution in [0.15, 0.2) is 0 Å². The Balaban J connectivity index is 4.55. The van der Waals surface area contributed by atoms with Crippen molar-refractivity contribution in [3.05, 3.63) is 25.1 Å². The molecule has 0 aliphatic rings. The lowest BCUT2D eigenvalue weighted by Gasteiger charge is -2.27. The Bertz CT molecular complexity index is 430. The molecule has 0 radical (unpaired) electrons. The monoisotopic (exact) mass is 356 g/mol. The molecule has 0 saturated carbocycles. The van der Waals surface area contributed by atoms with Crippen molar-refractivity contribution in [2.75, 3.05) is 13.2 Å². The van der Waals surface area contributed by atoms with Gasteiger partial charge in [0, 0.05) is 10.8 Å². The van der Waals surface area contributed by atoms with Crippen LogP contribution < -0.4 is 11.5 Å². The highest BCUT2D eigenvalue weighted by Gasteiger charge is 2.40. The zero-order chi connectivity index (χ0) is 19.1. The van der Waals surface area contributed by atoms with Gasteiger partial charge in [0.05, 0.1) is 0 Å². The molecule has 24 heavy (non-hydrogen) atoms. The maximum Gasteiger partial charge on any atom is 0.480 e. The molecule has 0 amide bonds. The fourth-order valence-electron chi connectivity index (χ4n) is 1.10. The van der Waals surface area contributed by atoms with Gasteiger partial charge in [-0.2, -0.15) is 9.68 Å². The van der Waals surface area contributed by atoms with Gasteiger partial charge in [-0.25, -0.2) is 0 Å². The summed E-state index contributed by atoms with van der Waals surface area (Å²) < 4.78 is 0. The van der Waals surface area contributed by atoms with Crippen LogP contribution in [0.4, 0.5) is 0 Å². The first-order valence-electron chi connectivity index (χ1n) is 6.64. The van der Waals surface area contributed by atoms with E-state index in [-0.39, 0.29) is 5.09 Å². The molecule has 2 atom stereocenters. The number of nitrogens with two attached hydrogens (primary N) is 2. The SMILES string of the molecule is CC(C)(CO[N+](=O)[O-])C(N)O[N+](=O)OC(N)C(C)(C)CO[N+](=O)[O-]. The highest BCUT2D eigenvalue weighted by Crippen LogP contribution is 2.23. The van der Waals surface area contributed by atoms with Gasteiger partial charge in [-0.1, -0.05) is 27.7 Å². The molecule has 0 heterocycles. The second-order valence-electron chi connectivity index (χ2n) is 6.25. The molecule has 14 heteroatoms. The summed E-state index contributed by atoms with van der Waals surface area (Å²) in [5.74, 6) is 0. The van der Waals surface area contributed by atoms with Gasteiger partial charge in [0.1, 0.15) is 18.1 Å². The summed E-state index contributed by atoms with van der Waals surface area (Å²) in [5, 5.41) is 18.0. The van der Waals surface area contributed by atoms with E-state index in [4.69, 9.17) is 21.1 Å². The third kappa shape index (κ3) is 7.68. The molecule has 140 valence electrons. The lowest BCUT2D eigenvalue weighted by atomic mass is 9.93. The van der Waals surface area contributed by atoms with Crippen molar-refractivity contribution in [2.24, 2.45) is 22.3 Å². The van der Waals surface area contributed by atoms with Gasteiger partial charge in [0.25, 0.3) is 10.2 Å². The zero-order valence-electron chi connectivity index (χ0n) is 13.7. The average Bonchev–Trinajstić information content (AvgIpc) is 2.42. The third-order valence-corrected chi connectivity index (χ3v) is 3.02. The highest BCUT2D eigenvalue weighted by molar-refractivity contribution is 4.73. The van der Waals surface area contributed by atoms with Crippen LogP contribution in [-0.2, 0) is 19.4 Å². The fourth-order valence-corrected chi connectivity index (χ4v) is 1.10. The smallest absolute Gasteiger partial charge is 0.313 e. The molecule has 0 bridgehead atoms. The largest absolute Gasteiger partial charge is 0.480 e. The second-order valence-corrected chi connectivity index (χ2v) is 6.25. The van der Waals surface area contributed by atoms with Gasteiger partial charge in [-0.05, 0) is 0 Å². The summed E-state index contributed by atoms with van der Waals surface area (Å²) in [6.07, 6.45) is -2.64. The number of rotatable bonds is 12. The second kappa shape index (κ2) is 8.39. The average molecular weight is 356 g/mol. The Morgan fingerprint density at radius 1 is 0.833 bits per heavy atom. The topological polar surface area (TPSA) is 195 Å². The minimum atomic E-state index is -1.32. The van der Waals surface area contributed by atoms with E-state index in [1.54, 1.807) is 0 Å². The maximum absolute atomic E-state index is 11.6. The van der Waals surface area contributed by atoms with Crippen molar-refractivity contribution in [1.82, 2.24) is 0 Å². The van der Waals surface area contributed by atoms with Crippen molar-refractivity contribution in [3.8, 4) is 0 Å². The van der Waals surface area contributed by atoms with Crippen LogP contribution in [0.25, 0.3) is 0 Å². The molecule has 0 rings (SSSR count). The summed E-state index contributed by atoms with van der Waals surface area (Å²) in [7, 11) is 0. The van der Waals surface area contributed by atoms with E-state index in [1.807, 2.05) is 0 Å². The van der Waals surface area contributed by atoms with Crippen molar-refractivity contribution >= 4 is 0 Å². The lowest BCUT2D eigenvalue weighted by Crippen LogP contribution is -2.48. The van der Waals surface area contributed by atoms with E-state index < -0.39 is 46.7 Å². The van der Waals surface area contributed by atoms with Gasteiger partial charge in [0.2, 0.25) is 12.5 Å². The Labute approximate surface area is 136 Å². The molecule has 0 aromatic carbocycles. The molecule has 14 nitrogen and oxygen atoms in total. The van der Waals surface area contributed by atoms with E-state index >= 15 is 0 Å². The Morgan fingerprint density at radius 3 is 1.38 bits per heavy atom. The summed E-state index contributed by atoms with van der Waals surface area (Å²) in [6.45, 7) is 4.99. The van der Waals surface area contributed by atoms with E-state index in [0.717, 1.165) is 0 Å². The number of hydrogen-bond acceptors (Lipinski definition) is 11. The van der Waals surface area contributed by atoms with Crippen molar-refractivity contribution < 1.29 is 34.6 Å². The van der Waals surface area contributed by atoms with E-state index in [0.29, 0.717) is 0 Å². The minimum absolute atomic E-state index is 0.364. The van der Waals surface area contributed by atoms with Crippen LogP contribution in [0.3, 0.4) is 0 Å². The standard InChI is InChI=1S/C10H22N5O9/c1-9(2,5-21-13(16)17)7(11)23-15(20)24-8(12)10(3,4)6-22-14(18)19/h7-8H,5-6,11-12H2,1-4H3/q+1. The minimum Gasteiger partial charge on any atom is -0.313 e. The quantitative estimate of drug-likeness (QED) is 0.264. The first-order valence-corrected chi connectivity index (χ1v) is 6.64. The normalized spacial score (nSPS) is 14.2.